The van der Waals surface area contributed by atoms with Crippen molar-refractivity contribution in [2.75, 3.05) is 7.11 Å². The molecule has 11 heteroatoms. The zero-order valence-corrected chi connectivity index (χ0v) is 17.2. The molecule has 0 fully saturated rings. The van der Waals surface area contributed by atoms with Crippen molar-refractivity contribution in [3.8, 4) is 0 Å². The Morgan fingerprint density at radius 3 is 2.29 bits per heavy atom. The maximum Gasteiger partial charge on any atom is 0.435 e. The minimum atomic E-state index is -5.24. The van der Waals surface area contributed by atoms with Crippen molar-refractivity contribution in [2.24, 2.45) is 5.16 Å². The third-order valence-corrected chi connectivity index (χ3v) is 5.52. The second-order valence-electron chi connectivity index (χ2n) is 7.56. The summed E-state index contributed by atoms with van der Waals surface area (Å²) in [6, 6.07) is 9.62. The second-order valence-corrected chi connectivity index (χ2v) is 7.56. The third kappa shape index (κ3) is 3.84. The number of hydrogen-bond donors (Lipinski definition) is 0. The Morgan fingerprint density at radius 2 is 1.68 bits per heavy atom. The van der Waals surface area contributed by atoms with Gasteiger partial charge in [0.15, 0.2) is 0 Å². The van der Waals surface area contributed by atoms with Crippen LogP contribution < -0.4 is 0 Å². The van der Waals surface area contributed by atoms with E-state index in [-0.39, 0.29) is 29.0 Å². The standard InChI is InChI=1S/C23H14F7NO3/c1-33-20(32)18-7-6-17(15-4-2-3-5-16(15)18)19-11-21(34-31-19,23(28,29)30)12-8-13(22(25,26)27)10-14(24)9-12/h2-10H,11H2,1H3. The van der Waals surface area contributed by atoms with Crippen molar-refractivity contribution in [1.82, 2.24) is 0 Å². The highest BCUT2D eigenvalue weighted by Gasteiger charge is 2.62. The first-order valence-electron chi connectivity index (χ1n) is 9.68. The van der Waals surface area contributed by atoms with Gasteiger partial charge >= 0.3 is 18.3 Å². The van der Waals surface area contributed by atoms with Gasteiger partial charge in [-0.2, -0.15) is 26.3 Å². The van der Waals surface area contributed by atoms with Gasteiger partial charge in [0.25, 0.3) is 5.60 Å². The summed E-state index contributed by atoms with van der Waals surface area (Å²) in [7, 11) is 1.17. The zero-order valence-electron chi connectivity index (χ0n) is 17.2. The number of benzene rings is 3. The molecule has 0 bridgehead atoms. The number of oxime groups is 1. The SMILES string of the molecule is COC(=O)c1ccc(C2=NOC(c3cc(F)cc(C(F)(F)F)c3)(C(F)(F)F)C2)c2ccccc12. The summed E-state index contributed by atoms with van der Waals surface area (Å²) >= 11 is 0. The molecule has 1 aliphatic heterocycles. The van der Waals surface area contributed by atoms with Crippen LogP contribution in [0.25, 0.3) is 10.8 Å². The van der Waals surface area contributed by atoms with Crippen LogP contribution in [0.2, 0.25) is 0 Å². The van der Waals surface area contributed by atoms with Gasteiger partial charge in [-0.15, -0.1) is 0 Å². The topological polar surface area (TPSA) is 47.9 Å². The van der Waals surface area contributed by atoms with Crippen molar-refractivity contribution in [2.45, 2.75) is 24.4 Å². The summed E-state index contributed by atoms with van der Waals surface area (Å²) in [5, 5.41) is 4.26. The van der Waals surface area contributed by atoms with Gasteiger partial charge in [-0.25, -0.2) is 9.18 Å². The number of rotatable bonds is 3. The number of esters is 1. The molecule has 0 aliphatic carbocycles. The van der Waals surface area contributed by atoms with E-state index in [1.165, 1.54) is 25.3 Å². The molecule has 1 aliphatic rings. The molecule has 0 spiro atoms. The number of halogens is 7. The lowest BCUT2D eigenvalue weighted by atomic mass is 9.84. The molecule has 0 amide bonds. The summed E-state index contributed by atoms with van der Waals surface area (Å²) in [4.78, 5) is 16.8. The first kappa shape index (κ1) is 23.5. The van der Waals surface area contributed by atoms with Crippen LogP contribution in [0.3, 0.4) is 0 Å². The third-order valence-electron chi connectivity index (χ3n) is 5.52. The van der Waals surface area contributed by atoms with Crippen molar-refractivity contribution in [3.63, 3.8) is 0 Å². The van der Waals surface area contributed by atoms with Crippen LogP contribution in [0.5, 0.6) is 0 Å². The van der Waals surface area contributed by atoms with Crippen molar-refractivity contribution in [1.29, 1.82) is 0 Å². The molecule has 3 aromatic rings. The van der Waals surface area contributed by atoms with E-state index in [1.807, 2.05) is 0 Å². The first-order chi connectivity index (χ1) is 15.9. The summed E-state index contributed by atoms with van der Waals surface area (Å²) in [5.41, 5.74) is -5.90. The van der Waals surface area contributed by atoms with Gasteiger partial charge in [0, 0.05) is 17.5 Å². The number of methoxy groups -OCH3 is 1. The quantitative estimate of drug-likeness (QED) is 0.320. The summed E-state index contributed by atoms with van der Waals surface area (Å²) < 4.78 is 101. The lowest BCUT2D eigenvalue weighted by Crippen LogP contribution is -2.43. The van der Waals surface area contributed by atoms with Gasteiger partial charge in [-0.05, 0) is 35.0 Å². The van der Waals surface area contributed by atoms with E-state index in [0.717, 1.165) is 0 Å². The van der Waals surface area contributed by atoms with Gasteiger partial charge in [-0.1, -0.05) is 35.5 Å². The molecular weight excluding hydrogens is 471 g/mol. The van der Waals surface area contributed by atoms with Gasteiger partial charge in [0.1, 0.15) is 5.82 Å². The Balaban J connectivity index is 1.84. The van der Waals surface area contributed by atoms with Gasteiger partial charge in [-0.3, -0.25) is 0 Å². The molecule has 1 heterocycles. The van der Waals surface area contributed by atoms with E-state index in [1.54, 1.807) is 18.2 Å². The largest absolute Gasteiger partial charge is 0.465 e. The van der Waals surface area contributed by atoms with Crippen LogP contribution in [0.1, 0.15) is 33.5 Å². The maximum absolute atomic E-state index is 14.2. The number of alkyl halides is 6. The lowest BCUT2D eigenvalue weighted by molar-refractivity contribution is -0.276. The average molecular weight is 485 g/mol. The molecule has 1 atom stereocenters. The number of hydrogen-bond acceptors (Lipinski definition) is 4. The van der Waals surface area contributed by atoms with E-state index in [2.05, 4.69) is 5.16 Å². The second kappa shape index (κ2) is 8.00. The predicted molar refractivity (Wildman–Crippen MR) is 107 cm³/mol. The average Bonchev–Trinajstić information content (AvgIpc) is 3.23. The zero-order chi connectivity index (χ0) is 24.9. The highest BCUT2D eigenvalue weighted by molar-refractivity contribution is 6.15. The molecule has 0 saturated heterocycles. The Bertz CT molecular complexity index is 1310. The van der Waals surface area contributed by atoms with Gasteiger partial charge < -0.3 is 9.57 Å². The van der Waals surface area contributed by atoms with E-state index < -0.39 is 47.3 Å². The van der Waals surface area contributed by atoms with E-state index in [9.17, 15) is 35.5 Å². The van der Waals surface area contributed by atoms with E-state index in [0.29, 0.717) is 16.8 Å². The number of carbonyl (C=O) groups excluding carboxylic acids is 1. The summed E-state index contributed by atoms with van der Waals surface area (Å²) in [6.07, 6.45) is -11.3. The minimum Gasteiger partial charge on any atom is -0.465 e. The van der Waals surface area contributed by atoms with Crippen LogP contribution in [0.15, 0.2) is 59.8 Å². The molecule has 178 valence electrons. The molecule has 4 rings (SSSR count). The summed E-state index contributed by atoms with van der Waals surface area (Å²) in [6.45, 7) is 0. The molecule has 0 N–H and O–H groups in total. The van der Waals surface area contributed by atoms with E-state index >= 15 is 0 Å². The maximum atomic E-state index is 14.2. The molecular formula is C23H14F7NO3. The van der Waals surface area contributed by atoms with Gasteiger partial charge in [0.05, 0.1) is 23.9 Å². The lowest BCUT2D eigenvalue weighted by Gasteiger charge is -2.30. The Kier molecular flexibility index (Phi) is 5.53. The molecule has 3 aromatic carbocycles. The molecule has 4 nitrogen and oxygen atoms in total. The van der Waals surface area contributed by atoms with Crippen LogP contribution in [-0.2, 0) is 21.4 Å². The van der Waals surface area contributed by atoms with Crippen molar-refractivity contribution in [3.05, 3.63) is 82.7 Å². The normalized spacial score (nSPS) is 18.5. The minimum absolute atomic E-state index is 0.101. The number of nitrogens with zero attached hydrogens (tertiary/aromatic N) is 1. The Labute approximate surface area is 187 Å². The van der Waals surface area contributed by atoms with Crippen LogP contribution in [0, 0.1) is 5.82 Å². The monoisotopic (exact) mass is 485 g/mol. The molecule has 0 radical (unpaired) electrons. The smallest absolute Gasteiger partial charge is 0.435 e. The highest BCUT2D eigenvalue weighted by atomic mass is 19.4. The first-order valence-corrected chi connectivity index (χ1v) is 9.68. The van der Waals surface area contributed by atoms with E-state index in [4.69, 9.17) is 9.57 Å². The Morgan fingerprint density at radius 1 is 1.00 bits per heavy atom. The van der Waals surface area contributed by atoms with Crippen molar-refractivity contribution < 1.29 is 45.1 Å². The van der Waals surface area contributed by atoms with Gasteiger partial charge in [0.2, 0.25) is 0 Å². The molecule has 34 heavy (non-hydrogen) atoms. The highest BCUT2D eigenvalue weighted by Crippen LogP contribution is 2.50. The fraction of sp³-hybridized carbons (Fsp3) is 0.217. The van der Waals surface area contributed by atoms with Crippen LogP contribution in [-0.4, -0.2) is 25.0 Å². The summed E-state index contributed by atoms with van der Waals surface area (Å²) in [5.74, 6) is -2.17. The van der Waals surface area contributed by atoms with Crippen molar-refractivity contribution >= 4 is 22.5 Å². The molecule has 0 saturated carbocycles. The predicted octanol–water partition coefficient (Wildman–Crippen LogP) is 6.37. The number of carbonyl (C=O) groups is 1. The molecule has 0 aromatic heterocycles. The number of fused-ring (bicyclic) bond motifs is 1. The molecule has 1 unspecified atom stereocenters. The van der Waals surface area contributed by atoms with Crippen LogP contribution >= 0.6 is 0 Å². The van der Waals surface area contributed by atoms with Crippen LogP contribution in [0.4, 0.5) is 30.7 Å². The fourth-order valence-corrected chi connectivity index (χ4v) is 3.87. The number of ether oxygens (including phenoxy) is 1. The fourth-order valence-electron chi connectivity index (χ4n) is 3.87. The Hall–Kier alpha value is -3.63.